The minimum Gasteiger partial charge on any atom is -0.210 e. The van der Waals surface area contributed by atoms with E-state index in [1.165, 1.54) is 131 Å². The van der Waals surface area contributed by atoms with Crippen LogP contribution in [-0.4, -0.2) is 6.51 Å². The van der Waals surface area contributed by atoms with Crippen LogP contribution >= 0.6 is 24.8 Å². The van der Waals surface area contributed by atoms with Gasteiger partial charge < -0.3 is 0 Å². The summed E-state index contributed by atoms with van der Waals surface area (Å²) in [7, 11) is 0. The van der Waals surface area contributed by atoms with Crippen molar-refractivity contribution in [2.45, 2.75) is 103 Å². The van der Waals surface area contributed by atoms with Gasteiger partial charge in [0, 0.05) is 0 Å². The summed E-state index contributed by atoms with van der Waals surface area (Å²) in [6.45, 7) is 0. The topological polar surface area (TPSA) is 0 Å². The average molecular weight is 1240 g/mol. The smallest absolute Gasteiger partial charge is 0.0512 e. The third-order valence-electron chi connectivity index (χ3n) is 12.8. The normalized spacial score (nSPS) is 13.6. The molecule has 0 amide bonds. The molecule has 4 heteroatoms. The summed E-state index contributed by atoms with van der Waals surface area (Å²) in [5.41, 5.74) is 18.2. The quantitative estimate of drug-likeness (QED) is 0.122. The van der Waals surface area contributed by atoms with E-state index in [4.69, 9.17) is 0 Å². The minimum absolute atomic E-state index is 0. The molecule has 0 saturated heterocycles. The Balaban J connectivity index is 0.000000149. The maximum Gasteiger partial charge on any atom is -0.0512 e. The molecule has 0 bridgehead atoms. The molecule has 0 saturated carbocycles. The predicted molar refractivity (Wildman–Crippen MR) is 281 cm³/mol. The molecule has 0 radical (unpaired) electrons. The Labute approximate surface area is 438 Å². The van der Waals surface area contributed by atoms with Crippen LogP contribution in [0, 0.1) is 0 Å². The fraction of sp³-hybridized carbons (Fsp3) is 0.258. The first-order valence-electron chi connectivity index (χ1n) is 23.9. The van der Waals surface area contributed by atoms with E-state index in [1.54, 1.807) is 44.5 Å². The zero-order chi connectivity index (χ0) is 44.0. The van der Waals surface area contributed by atoms with E-state index in [9.17, 15) is 0 Å². The molecule has 4 aliphatic carbocycles. The summed E-state index contributed by atoms with van der Waals surface area (Å²) >= 11 is 2.16. The van der Waals surface area contributed by atoms with Gasteiger partial charge in [-0.05, 0) is 0 Å². The predicted octanol–water partition coefficient (Wildman–Crippen LogP) is 15.6. The third kappa shape index (κ3) is 16.8. The SMILES string of the molecule is Cl.Cl.[Hf+2]=[C](c1ccccc1)c1ccccc1.[Hf+2]=[C](c1ccccc1)c1ccccc1.c1cc2c([cH-]1)CCCC2.c1cc2c([cH-]1)CCCC2.c1cc2c([cH-]1)CCCC2.c1cc2c([cH-]1)CCCC2. The van der Waals surface area contributed by atoms with Crippen LogP contribution in [0.4, 0.5) is 0 Å². The van der Waals surface area contributed by atoms with E-state index in [0.29, 0.717) is 0 Å². The average Bonchev–Trinajstić information content (AvgIpc) is 4.24. The Morgan fingerprint density at radius 2 is 0.470 bits per heavy atom. The minimum atomic E-state index is 0. The Morgan fingerprint density at radius 3 is 0.667 bits per heavy atom. The molecule has 4 aliphatic rings. The van der Waals surface area contributed by atoms with Crippen molar-refractivity contribution in [1.82, 2.24) is 0 Å². The molecule has 0 spiro atoms. The molecule has 0 atom stereocenters. The standard InChI is InChI=1S/2C13H10.4C9H11.2ClH.2Hf/c2*1-3-7-12(8-4-1)11-13-9-5-2-6-10-13;4*1-2-5-9-7-3-6-8(9)4-1;;;;/h2*1-10H;4*3,6-7H,1-2,4-5H2;2*1H;;/q;;4*-1;;;2*+2. The van der Waals surface area contributed by atoms with Gasteiger partial charge in [-0.15, -0.1) is 24.8 Å². The Hall–Kier alpha value is -3.66. The maximum absolute atomic E-state index is 2.26. The number of fused-ring (bicyclic) bond motifs is 4. The molecule has 8 aromatic rings. The number of hydrogen-bond acceptors (Lipinski definition) is 0. The van der Waals surface area contributed by atoms with Crippen LogP contribution in [0.2, 0.25) is 0 Å². The van der Waals surface area contributed by atoms with E-state index in [1.807, 2.05) is 0 Å². The zero-order valence-corrected chi connectivity index (χ0v) is 47.4. The van der Waals surface area contributed by atoms with Crippen molar-refractivity contribution in [2.75, 3.05) is 0 Å². The number of halogens is 2. The first-order chi connectivity index (χ1) is 31.6. The third-order valence-corrected chi connectivity index (χ3v) is 17.0. The molecule has 66 heavy (non-hydrogen) atoms. The molecule has 8 aromatic carbocycles. The van der Waals surface area contributed by atoms with Crippen LogP contribution in [-0.2, 0) is 99.2 Å². The summed E-state index contributed by atoms with van der Waals surface area (Å²) in [5, 5.41) is 0. The first kappa shape index (κ1) is 53.3. The van der Waals surface area contributed by atoms with Gasteiger partial charge in [-0.3, -0.25) is 0 Å². The molecule has 0 nitrogen and oxygen atoms in total. The van der Waals surface area contributed by atoms with Crippen LogP contribution in [0.5, 0.6) is 0 Å². The van der Waals surface area contributed by atoms with Gasteiger partial charge in [0.25, 0.3) is 0 Å². The fourth-order valence-electron chi connectivity index (χ4n) is 9.21. The fourth-order valence-corrected chi connectivity index (χ4v) is 11.6. The second-order valence-electron chi connectivity index (χ2n) is 17.3. The van der Waals surface area contributed by atoms with E-state index >= 15 is 0 Å². The van der Waals surface area contributed by atoms with Crippen molar-refractivity contribution in [1.29, 1.82) is 0 Å². The van der Waals surface area contributed by atoms with Gasteiger partial charge in [0.1, 0.15) is 0 Å². The molecule has 0 fully saturated rings. The second kappa shape index (κ2) is 30.0. The molecule has 0 unspecified atom stereocenters. The summed E-state index contributed by atoms with van der Waals surface area (Å²) in [6, 6.07) is 69.2. The molecular formula is C62H66Cl2Hf2. The van der Waals surface area contributed by atoms with E-state index in [0.717, 1.165) is 47.8 Å². The summed E-state index contributed by atoms with van der Waals surface area (Å²) in [5.74, 6) is 0. The first-order valence-corrected chi connectivity index (χ1v) is 27.5. The zero-order valence-electron chi connectivity index (χ0n) is 38.6. The van der Waals surface area contributed by atoms with E-state index in [2.05, 4.69) is 194 Å². The Kier molecular flexibility index (Phi) is 24.2. The monoisotopic (exact) mass is 1240 g/mol. The van der Waals surface area contributed by atoms with E-state index < -0.39 is 0 Å². The van der Waals surface area contributed by atoms with Crippen molar-refractivity contribution >= 4 is 31.3 Å². The van der Waals surface area contributed by atoms with Crippen LogP contribution < -0.4 is 0 Å². The van der Waals surface area contributed by atoms with Gasteiger partial charge in [-0.25, -0.2) is 24.3 Å². The number of hydrogen-bond donors (Lipinski definition) is 0. The second-order valence-corrected chi connectivity index (χ2v) is 20.9. The van der Waals surface area contributed by atoms with Gasteiger partial charge in [0.2, 0.25) is 0 Å². The van der Waals surface area contributed by atoms with Gasteiger partial charge in [-0.2, -0.15) is 93.0 Å². The van der Waals surface area contributed by atoms with Crippen LogP contribution in [0.25, 0.3) is 0 Å². The van der Waals surface area contributed by atoms with Gasteiger partial charge in [-0.1, -0.05) is 103 Å². The summed E-state index contributed by atoms with van der Waals surface area (Å²) in [4.78, 5) is 0. The maximum atomic E-state index is 2.26. The van der Waals surface area contributed by atoms with Gasteiger partial charge >= 0.3 is 198 Å². The van der Waals surface area contributed by atoms with Crippen LogP contribution in [0.1, 0.15) is 118 Å². The van der Waals surface area contributed by atoms with Gasteiger partial charge in [0.05, 0.1) is 0 Å². The number of benzene rings is 4. The Bertz CT molecular complexity index is 2100. The summed E-state index contributed by atoms with van der Waals surface area (Å²) in [6.07, 6.45) is 21.8. The molecule has 336 valence electrons. The van der Waals surface area contributed by atoms with Crippen LogP contribution in [0.15, 0.2) is 194 Å². The van der Waals surface area contributed by atoms with Gasteiger partial charge in [0.15, 0.2) is 0 Å². The van der Waals surface area contributed by atoms with Crippen molar-refractivity contribution < 1.29 is 47.8 Å². The molecule has 12 rings (SSSR count). The van der Waals surface area contributed by atoms with Crippen molar-refractivity contribution in [3.63, 3.8) is 0 Å². The Morgan fingerprint density at radius 1 is 0.273 bits per heavy atom. The van der Waals surface area contributed by atoms with Crippen LogP contribution in [0.3, 0.4) is 0 Å². The van der Waals surface area contributed by atoms with Crippen molar-refractivity contribution in [2.24, 2.45) is 0 Å². The molecule has 0 aliphatic heterocycles. The summed E-state index contributed by atoms with van der Waals surface area (Å²) < 4.78 is 2.93. The largest absolute Gasteiger partial charge is 0.210 e. The van der Waals surface area contributed by atoms with Crippen molar-refractivity contribution in [3.05, 3.63) is 261 Å². The molecular weight excluding hydrogens is 1170 g/mol. The molecule has 0 N–H and O–H groups in total. The number of aryl methyl sites for hydroxylation is 8. The number of rotatable bonds is 4. The molecule has 0 heterocycles. The van der Waals surface area contributed by atoms with E-state index in [-0.39, 0.29) is 24.8 Å². The molecule has 0 aromatic heterocycles. The van der Waals surface area contributed by atoms with Crippen molar-refractivity contribution in [3.8, 4) is 0 Å².